The van der Waals surface area contributed by atoms with Crippen molar-refractivity contribution in [2.75, 3.05) is 27.2 Å². The summed E-state index contributed by atoms with van der Waals surface area (Å²) < 4.78 is 5.09. The summed E-state index contributed by atoms with van der Waals surface area (Å²) >= 11 is 0. The first-order valence-electron chi connectivity index (χ1n) is 12.8. The van der Waals surface area contributed by atoms with Gasteiger partial charge in [-0.2, -0.15) is 21.0 Å². The van der Waals surface area contributed by atoms with Gasteiger partial charge in [-0.1, -0.05) is 41.5 Å². The SMILES string of the molecule is CC(C)(C=O)CCC#N.CC(C)(CN)CCC#N.CNCC(C)(C)CCC#N.COC(C)(C)CCC#N. The molecule has 0 radical (unpaired) electrons. The monoisotopic (exact) mass is 518 g/mol. The maximum atomic E-state index is 10.2. The zero-order chi connectivity index (χ0) is 30.0. The molecule has 0 saturated heterocycles. The summed E-state index contributed by atoms with van der Waals surface area (Å²) in [5.74, 6) is 0. The zero-order valence-corrected chi connectivity index (χ0v) is 25.3. The minimum atomic E-state index is -0.310. The average Bonchev–Trinajstić information content (AvgIpc) is 2.85. The minimum absolute atomic E-state index is 0.129. The van der Waals surface area contributed by atoms with Crippen molar-refractivity contribution < 1.29 is 9.53 Å². The predicted octanol–water partition coefficient (Wildman–Crippen LogP) is 6.04. The second-order valence-corrected chi connectivity index (χ2v) is 11.8. The van der Waals surface area contributed by atoms with Gasteiger partial charge in [-0.3, -0.25) is 0 Å². The van der Waals surface area contributed by atoms with E-state index in [1.54, 1.807) is 7.11 Å². The van der Waals surface area contributed by atoms with E-state index in [1.807, 2.05) is 40.8 Å². The Hall–Kier alpha value is -2.49. The average molecular weight is 519 g/mol. The summed E-state index contributed by atoms with van der Waals surface area (Å²) in [4.78, 5) is 10.2. The van der Waals surface area contributed by atoms with E-state index in [2.05, 4.69) is 51.2 Å². The van der Waals surface area contributed by atoms with Gasteiger partial charge in [0.05, 0.1) is 29.9 Å². The molecule has 0 fully saturated rings. The van der Waals surface area contributed by atoms with Crippen LogP contribution in [-0.4, -0.2) is 39.1 Å². The fraction of sp³-hybridized carbons (Fsp3) is 0.828. The molecule has 0 aliphatic carbocycles. The molecule has 0 spiro atoms. The lowest BCUT2D eigenvalue weighted by atomic mass is 9.88. The van der Waals surface area contributed by atoms with Gasteiger partial charge in [0.25, 0.3) is 0 Å². The third kappa shape index (κ3) is 35.7. The summed E-state index contributed by atoms with van der Waals surface area (Å²) in [5, 5.41) is 36.0. The van der Waals surface area contributed by atoms with Crippen molar-refractivity contribution >= 4 is 6.29 Å². The molecule has 8 heteroatoms. The van der Waals surface area contributed by atoms with Crippen LogP contribution >= 0.6 is 0 Å². The number of methoxy groups -OCH3 is 1. The molecule has 3 N–H and O–H groups in total. The first kappa shape index (κ1) is 41.6. The maximum Gasteiger partial charge on any atom is 0.125 e. The number of ether oxygens (including phenoxy) is 1. The molecular formula is C29H54N6O2. The van der Waals surface area contributed by atoms with Gasteiger partial charge in [0.15, 0.2) is 0 Å². The molecule has 0 unspecified atom stereocenters. The van der Waals surface area contributed by atoms with Crippen molar-refractivity contribution in [1.82, 2.24) is 5.32 Å². The Morgan fingerprint density at radius 3 is 1.43 bits per heavy atom. The number of hydrogen-bond donors (Lipinski definition) is 2. The van der Waals surface area contributed by atoms with Crippen LogP contribution in [0.1, 0.15) is 107 Å². The highest BCUT2D eigenvalue weighted by atomic mass is 16.5. The Kier molecular flexibility index (Phi) is 26.9. The van der Waals surface area contributed by atoms with Crippen LogP contribution in [0.2, 0.25) is 0 Å². The summed E-state index contributed by atoms with van der Waals surface area (Å²) in [5.41, 5.74) is 5.42. The van der Waals surface area contributed by atoms with E-state index in [4.69, 9.17) is 31.5 Å². The molecule has 0 atom stereocenters. The Morgan fingerprint density at radius 2 is 1.11 bits per heavy atom. The highest BCUT2D eigenvalue weighted by Crippen LogP contribution is 2.20. The Bertz CT molecular complexity index is 701. The van der Waals surface area contributed by atoms with Crippen molar-refractivity contribution in [1.29, 1.82) is 21.0 Å². The van der Waals surface area contributed by atoms with Crippen LogP contribution in [0, 0.1) is 61.6 Å². The van der Waals surface area contributed by atoms with Gasteiger partial charge in [0.1, 0.15) is 6.29 Å². The van der Waals surface area contributed by atoms with E-state index in [9.17, 15) is 4.79 Å². The van der Waals surface area contributed by atoms with Crippen LogP contribution < -0.4 is 11.1 Å². The van der Waals surface area contributed by atoms with E-state index in [0.29, 0.717) is 38.6 Å². The largest absolute Gasteiger partial charge is 0.379 e. The van der Waals surface area contributed by atoms with Gasteiger partial charge in [-0.15, -0.1) is 0 Å². The van der Waals surface area contributed by atoms with Crippen LogP contribution in [0.5, 0.6) is 0 Å². The van der Waals surface area contributed by atoms with Gasteiger partial charge < -0.3 is 20.6 Å². The molecule has 0 aromatic rings. The van der Waals surface area contributed by atoms with E-state index in [-0.39, 0.29) is 21.8 Å². The molecular weight excluding hydrogens is 464 g/mol. The number of rotatable bonds is 13. The van der Waals surface area contributed by atoms with Crippen molar-refractivity contribution in [3.8, 4) is 24.3 Å². The molecule has 0 saturated carbocycles. The van der Waals surface area contributed by atoms with Crippen molar-refractivity contribution in [3.05, 3.63) is 0 Å². The summed E-state index contributed by atoms with van der Waals surface area (Å²) in [7, 11) is 3.60. The van der Waals surface area contributed by atoms with Crippen molar-refractivity contribution in [3.63, 3.8) is 0 Å². The normalized spacial score (nSPS) is 10.8. The lowest BCUT2D eigenvalue weighted by Crippen LogP contribution is -2.26. The molecule has 0 rings (SSSR count). The van der Waals surface area contributed by atoms with E-state index in [1.165, 1.54) is 0 Å². The topological polar surface area (TPSA) is 160 Å². The molecule has 0 aliphatic rings. The number of nitrogens with one attached hydrogen (secondary N) is 1. The Morgan fingerprint density at radius 1 is 0.730 bits per heavy atom. The summed E-state index contributed by atoms with van der Waals surface area (Å²) in [6.07, 6.45) is 6.55. The van der Waals surface area contributed by atoms with Gasteiger partial charge in [0, 0.05) is 38.2 Å². The van der Waals surface area contributed by atoms with E-state index < -0.39 is 0 Å². The third-order valence-electron chi connectivity index (χ3n) is 5.63. The van der Waals surface area contributed by atoms with Crippen molar-refractivity contribution in [2.45, 2.75) is 112 Å². The molecule has 0 heterocycles. The van der Waals surface area contributed by atoms with Crippen LogP contribution in [0.15, 0.2) is 0 Å². The fourth-order valence-electron chi connectivity index (χ4n) is 2.35. The first-order valence-corrected chi connectivity index (χ1v) is 12.8. The molecule has 212 valence electrons. The third-order valence-corrected chi connectivity index (χ3v) is 5.63. The van der Waals surface area contributed by atoms with Crippen LogP contribution in [0.4, 0.5) is 0 Å². The highest BCUT2D eigenvalue weighted by molar-refractivity contribution is 5.57. The van der Waals surface area contributed by atoms with Crippen LogP contribution in [0.3, 0.4) is 0 Å². The lowest BCUT2D eigenvalue weighted by molar-refractivity contribution is -0.114. The maximum absolute atomic E-state index is 10.2. The van der Waals surface area contributed by atoms with Gasteiger partial charge in [-0.05, 0) is 70.5 Å². The number of carbonyl (C=O) groups excluding carboxylic acids is 1. The number of nitrogens with zero attached hydrogens (tertiary/aromatic N) is 4. The highest BCUT2D eigenvalue weighted by Gasteiger charge is 2.16. The molecule has 0 aromatic carbocycles. The fourth-order valence-corrected chi connectivity index (χ4v) is 2.35. The number of nitriles is 4. The quantitative estimate of drug-likeness (QED) is 0.279. The second-order valence-electron chi connectivity index (χ2n) is 11.8. The van der Waals surface area contributed by atoms with Crippen LogP contribution in [-0.2, 0) is 9.53 Å². The number of hydrogen-bond acceptors (Lipinski definition) is 8. The Balaban J connectivity index is -0.000000196. The molecule has 0 aliphatic heterocycles. The van der Waals surface area contributed by atoms with Gasteiger partial charge >= 0.3 is 0 Å². The number of carbonyl (C=O) groups is 1. The number of aldehydes is 1. The molecule has 8 nitrogen and oxygen atoms in total. The van der Waals surface area contributed by atoms with E-state index in [0.717, 1.165) is 32.1 Å². The van der Waals surface area contributed by atoms with Crippen molar-refractivity contribution in [2.24, 2.45) is 22.0 Å². The molecule has 0 bridgehead atoms. The summed E-state index contributed by atoms with van der Waals surface area (Å²) in [6, 6.07) is 8.33. The lowest BCUT2D eigenvalue weighted by Gasteiger charge is -2.22. The minimum Gasteiger partial charge on any atom is -0.379 e. The van der Waals surface area contributed by atoms with Crippen LogP contribution in [0.25, 0.3) is 0 Å². The standard InChI is InChI=1S/C8H16N2.C7H14N2.C7H13NO.C7H11NO/c1-8(2,7-10-3)5-4-6-9;1-7(2,6-9)4-3-5-8;1-7(2,9-3)5-4-6-8;1-7(2,6-9)4-3-5-8/h10H,4-5,7H2,1-3H3;3-4,6,9H2,1-2H3;4-5H2,1-3H3;6H,3-4H2,1-2H3. The molecule has 37 heavy (non-hydrogen) atoms. The van der Waals surface area contributed by atoms with Gasteiger partial charge in [-0.25, -0.2) is 0 Å². The van der Waals surface area contributed by atoms with E-state index >= 15 is 0 Å². The zero-order valence-electron chi connectivity index (χ0n) is 25.3. The first-order chi connectivity index (χ1) is 17.0. The number of nitrogens with two attached hydrogens (primary N) is 1. The summed E-state index contributed by atoms with van der Waals surface area (Å²) in [6.45, 7) is 17.7. The molecule has 0 aromatic heterocycles. The Labute approximate surface area is 228 Å². The van der Waals surface area contributed by atoms with Gasteiger partial charge in [0.2, 0.25) is 0 Å². The second kappa shape index (κ2) is 23.9. The molecule has 0 amide bonds. The smallest absolute Gasteiger partial charge is 0.125 e. The predicted molar refractivity (Wildman–Crippen MR) is 151 cm³/mol.